The van der Waals surface area contributed by atoms with Crippen LogP contribution < -0.4 is 0 Å². The van der Waals surface area contributed by atoms with Crippen molar-refractivity contribution >= 4 is 17.9 Å². The molecule has 0 heterocycles. The highest BCUT2D eigenvalue weighted by atomic mass is 16.6. The topological polar surface area (TPSA) is 78.9 Å². The molecule has 0 aromatic rings. The summed E-state index contributed by atoms with van der Waals surface area (Å²) in [6, 6.07) is 0. The Hall–Kier alpha value is -2.89. The van der Waals surface area contributed by atoms with Gasteiger partial charge in [0.1, 0.15) is 13.2 Å². The van der Waals surface area contributed by atoms with Gasteiger partial charge in [0.05, 0.1) is 0 Å². The van der Waals surface area contributed by atoms with Crippen molar-refractivity contribution in [2.45, 2.75) is 271 Å². The lowest BCUT2D eigenvalue weighted by atomic mass is 10.1. The Labute approximate surface area is 390 Å². The second kappa shape index (κ2) is 51.7. The highest BCUT2D eigenvalue weighted by Gasteiger charge is 2.19. The zero-order valence-corrected chi connectivity index (χ0v) is 41.6. The van der Waals surface area contributed by atoms with Crippen LogP contribution in [0.25, 0.3) is 0 Å². The molecule has 0 spiro atoms. The molecule has 0 aliphatic rings. The van der Waals surface area contributed by atoms with Gasteiger partial charge in [-0.25, -0.2) is 0 Å². The fourth-order valence-electron chi connectivity index (χ4n) is 7.38. The highest BCUT2D eigenvalue weighted by molar-refractivity contribution is 5.71. The first-order chi connectivity index (χ1) is 31.0. The lowest BCUT2D eigenvalue weighted by molar-refractivity contribution is -0.167. The molecule has 0 amide bonds. The first-order valence-corrected chi connectivity index (χ1v) is 26.8. The van der Waals surface area contributed by atoms with Crippen LogP contribution in [0.3, 0.4) is 0 Å². The lowest BCUT2D eigenvalue weighted by Gasteiger charge is -2.18. The van der Waals surface area contributed by atoms with Gasteiger partial charge in [0, 0.05) is 19.3 Å². The lowest BCUT2D eigenvalue weighted by Crippen LogP contribution is -2.30. The monoisotopic (exact) mass is 881 g/mol. The van der Waals surface area contributed by atoms with E-state index in [1.807, 2.05) is 0 Å². The first kappa shape index (κ1) is 60.1. The van der Waals surface area contributed by atoms with Gasteiger partial charge in [0.15, 0.2) is 6.10 Å². The molecular weight excluding hydrogens is 781 g/mol. The van der Waals surface area contributed by atoms with Crippen LogP contribution in [0.1, 0.15) is 265 Å². The Morgan fingerprint density at radius 1 is 0.333 bits per heavy atom. The molecule has 0 N–H and O–H groups in total. The number of rotatable bonds is 48. The minimum atomic E-state index is -0.788. The second-order valence-corrected chi connectivity index (χ2v) is 17.8. The molecule has 6 heteroatoms. The van der Waals surface area contributed by atoms with Crippen LogP contribution in [-0.2, 0) is 28.6 Å². The van der Waals surface area contributed by atoms with Crippen molar-refractivity contribution in [1.82, 2.24) is 0 Å². The van der Waals surface area contributed by atoms with Crippen molar-refractivity contribution in [3.05, 3.63) is 60.8 Å². The number of ether oxygens (including phenoxy) is 3. The Balaban J connectivity index is 4.38. The number of unbranched alkanes of at least 4 members (excludes halogenated alkanes) is 28. The zero-order chi connectivity index (χ0) is 45.8. The molecule has 0 rings (SSSR count). The zero-order valence-electron chi connectivity index (χ0n) is 41.6. The number of hydrogen-bond donors (Lipinski definition) is 0. The largest absolute Gasteiger partial charge is 0.462 e. The predicted molar refractivity (Wildman–Crippen MR) is 270 cm³/mol. The molecular formula is C57H100O6. The van der Waals surface area contributed by atoms with E-state index in [0.717, 1.165) is 109 Å². The SMILES string of the molecule is CCCC/C=C\CCCCCCC(=O)OCC(COC(=O)CCCCCCC/C=C\C=C/CCCCCCCCC)OC(=O)CCCCCCCCC/C=C\C/C=C\CCCCC. The molecule has 0 radical (unpaired) electrons. The van der Waals surface area contributed by atoms with Crippen LogP contribution in [0, 0.1) is 0 Å². The van der Waals surface area contributed by atoms with Crippen LogP contribution in [0.4, 0.5) is 0 Å². The molecule has 1 atom stereocenters. The third-order valence-corrected chi connectivity index (χ3v) is 11.5. The average molecular weight is 881 g/mol. The van der Waals surface area contributed by atoms with Crippen LogP contribution in [0.5, 0.6) is 0 Å². The van der Waals surface area contributed by atoms with Gasteiger partial charge in [-0.2, -0.15) is 0 Å². The van der Waals surface area contributed by atoms with Crippen LogP contribution in [0.15, 0.2) is 60.8 Å². The van der Waals surface area contributed by atoms with E-state index < -0.39 is 6.10 Å². The van der Waals surface area contributed by atoms with Crippen molar-refractivity contribution in [1.29, 1.82) is 0 Å². The van der Waals surface area contributed by atoms with Gasteiger partial charge in [-0.05, 0) is 96.3 Å². The summed E-state index contributed by atoms with van der Waals surface area (Å²) in [5.41, 5.74) is 0. The smallest absolute Gasteiger partial charge is 0.306 e. The van der Waals surface area contributed by atoms with Gasteiger partial charge in [-0.3, -0.25) is 14.4 Å². The van der Waals surface area contributed by atoms with Gasteiger partial charge in [0.25, 0.3) is 0 Å². The van der Waals surface area contributed by atoms with Gasteiger partial charge in [-0.1, -0.05) is 210 Å². The summed E-state index contributed by atoms with van der Waals surface area (Å²) in [6.07, 6.45) is 63.5. The van der Waals surface area contributed by atoms with Crippen molar-refractivity contribution in [3.63, 3.8) is 0 Å². The predicted octanol–water partition coefficient (Wildman–Crippen LogP) is 17.6. The van der Waals surface area contributed by atoms with Gasteiger partial charge < -0.3 is 14.2 Å². The molecule has 6 nitrogen and oxygen atoms in total. The molecule has 0 fully saturated rings. The molecule has 364 valence electrons. The number of allylic oxidation sites excluding steroid dienone is 10. The molecule has 0 bridgehead atoms. The number of hydrogen-bond acceptors (Lipinski definition) is 6. The normalized spacial score (nSPS) is 12.5. The van der Waals surface area contributed by atoms with Crippen molar-refractivity contribution in [2.24, 2.45) is 0 Å². The molecule has 0 aromatic carbocycles. The fraction of sp³-hybridized carbons (Fsp3) is 0.772. The molecule has 63 heavy (non-hydrogen) atoms. The standard InChI is InChI=1S/C57H100O6/c1-4-7-10-13-16-19-22-24-26-28-30-31-33-35-38-41-44-47-50-56(59)62-53-54(52-61-55(58)49-46-43-40-37-21-18-15-12-9-6-3)63-57(60)51-48-45-42-39-36-34-32-29-27-25-23-20-17-14-11-8-5-2/h15,17-18,20,25-28,30-31,54H,4-14,16,19,21-24,29,32-53H2,1-3H3/b18-15-,20-17-,27-25-,28-26-,31-30-. The summed E-state index contributed by atoms with van der Waals surface area (Å²) in [6.45, 7) is 6.54. The maximum atomic E-state index is 12.8. The summed E-state index contributed by atoms with van der Waals surface area (Å²) in [4.78, 5) is 38.0. The first-order valence-electron chi connectivity index (χ1n) is 26.8. The molecule has 0 aliphatic heterocycles. The van der Waals surface area contributed by atoms with E-state index >= 15 is 0 Å². The van der Waals surface area contributed by atoms with Crippen molar-refractivity contribution in [2.75, 3.05) is 13.2 Å². The maximum absolute atomic E-state index is 12.8. The molecule has 0 aliphatic carbocycles. The Morgan fingerprint density at radius 2 is 0.635 bits per heavy atom. The third-order valence-electron chi connectivity index (χ3n) is 11.5. The third kappa shape index (κ3) is 50.0. The second-order valence-electron chi connectivity index (χ2n) is 17.8. The van der Waals surface area contributed by atoms with E-state index in [9.17, 15) is 14.4 Å². The van der Waals surface area contributed by atoms with Gasteiger partial charge in [0.2, 0.25) is 0 Å². The van der Waals surface area contributed by atoms with E-state index in [-0.39, 0.29) is 31.1 Å². The fourth-order valence-corrected chi connectivity index (χ4v) is 7.38. The van der Waals surface area contributed by atoms with E-state index in [1.54, 1.807) is 0 Å². The molecule has 0 aromatic heterocycles. The summed E-state index contributed by atoms with van der Waals surface area (Å²) in [5, 5.41) is 0. The van der Waals surface area contributed by atoms with Gasteiger partial charge >= 0.3 is 17.9 Å². The van der Waals surface area contributed by atoms with Crippen LogP contribution in [-0.4, -0.2) is 37.2 Å². The molecule has 1 unspecified atom stereocenters. The van der Waals surface area contributed by atoms with E-state index in [1.165, 1.54) is 116 Å². The quantitative estimate of drug-likeness (QED) is 0.0199. The minimum Gasteiger partial charge on any atom is -0.462 e. The highest BCUT2D eigenvalue weighted by Crippen LogP contribution is 2.14. The average Bonchev–Trinajstić information content (AvgIpc) is 3.28. The number of carbonyl (C=O) groups is 3. The van der Waals surface area contributed by atoms with E-state index in [4.69, 9.17) is 14.2 Å². The Kier molecular flexibility index (Phi) is 49.4. The summed E-state index contributed by atoms with van der Waals surface area (Å²) < 4.78 is 16.8. The summed E-state index contributed by atoms with van der Waals surface area (Å²) in [7, 11) is 0. The van der Waals surface area contributed by atoms with Crippen molar-refractivity contribution < 1.29 is 28.6 Å². The molecule has 0 saturated heterocycles. The van der Waals surface area contributed by atoms with E-state index in [0.29, 0.717) is 19.3 Å². The number of esters is 3. The molecule has 0 saturated carbocycles. The number of carbonyl (C=O) groups excluding carboxylic acids is 3. The van der Waals surface area contributed by atoms with Gasteiger partial charge in [-0.15, -0.1) is 0 Å². The van der Waals surface area contributed by atoms with Crippen molar-refractivity contribution in [3.8, 4) is 0 Å². The van der Waals surface area contributed by atoms with Crippen LogP contribution in [0.2, 0.25) is 0 Å². The minimum absolute atomic E-state index is 0.0885. The summed E-state index contributed by atoms with van der Waals surface area (Å²) in [5.74, 6) is -0.920. The Bertz CT molecular complexity index is 1150. The van der Waals surface area contributed by atoms with E-state index in [2.05, 4.69) is 81.5 Å². The summed E-state index contributed by atoms with van der Waals surface area (Å²) >= 11 is 0. The van der Waals surface area contributed by atoms with Crippen LogP contribution >= 0.6 is 0 Å². The Morgan fingerprint density at radius 3 is 1.06 bits per heavy atom. The maximum Gasteiger partial charge on any atom is 0.306 e.